The lowest BCUT2D eigenvalue weighted by molar-refractivity contribution is -0.132. The summed E-state index contributed by atoms with van der Waals surface area (Å²) in [6.07, 6.45) is 0. The Morgan fingerprint density at radius 2 is 2.05 bits per heavy atom. The summed E-state index contributed by atoms with van der Waals surface area (Å²) in [6, 6.07) is 4.69. The fourth-order valence-corrected chi connectivity index (χ4v) is 2.06. The second kappa shape index (κ2) is 7.60. The molecule has 0 bridgehead atoms. The first-order valence-electron chi connectivity index (χ1n) is 6.45. The van der Waals surface area contributed by atoms with Crippen molar-refractivity contribution in [3.8, 4) is 0 Å². The van der Waals surface area contributed by atoms with E-state index < -0.39 is 0 Å². The Balaban J connectivity index is 2.56. The molecule has 0 radical (unpaired) electrons. The molecule has 3 nitrogen and oxygen atoms in total. The van der Waals surface area contributed by atoms with E-state index in [0.29, 0.717) is 24.1 Å². The smallest absolute Gasteiger partial charge is 0.239 e. The number of nitrogens with zero attached hydrogens (tertiary/aromatic N) is 1. The van der Waals surface area contributed by atoms with Gasteiger partial charge < -0.3 is 10.2 Å². The number of carbonyl (C=O) groups is 1. The minimum atomic E-state index is -0.290. The number of carbonyl (C=O) groups excluding carboxylic acids is 1. The third-order valence-corrected chi connectivity index (χ3v) is 3.69. The zero-order valence-electron chi connectivity index (χ0n) is 11.5. The van der Waals surface area contributed by atoms with Crippen LogP contribution in [0.5, 0.6) is 0 Å². The van der Waals surface area contributed by atoms with E-state index in [1.54, 1.807) is 11.0 Å². The van der Waals surface area contributed by atoms with Gasteiger partial charge in [-0.2, -0.15) is 0 Å². The highest BCUT2D eigenvalue weighted by atomic mass is 79.9. The van der Waals surface area contributed by atoms with Crippen LogP contribution < -0.4 is 5.32 Å². The molecule has 0 fully saturated rings. The third kappa shape index (κ3) is 4.58. The SMILES string of the molecule is CCN(CC)C(=O)C(C)NCc1ccc(Br)c(F)c1. The lowest BCUT2D eigenvalue weighted by atomic mass is 10.2. The summed E-state index contributed by atoms with van der Waals surface area (Å²) < 4.78 is 13.8. The first-order valence-corrected chi connectivity index (χ1v) is 7.25. The van der Waals surface area contributed by atoms with Crippen LogP contribution in [0.1, 0.15) is 26.3 Å². The Morgan fingerprint density at radius 3 is 2.58 bits per heavy atom. The van der Waals surface area contributed by atoms with Gasteiger partial charge in [-0.15, -0.1) is 0 Å². The van der Waals surface area contributed by atoms with Crippen LogP contribution in [0.2, 0.25) is 0 Å². The maximum atomic E-state index is 13.3. The number of rotatable bonds is 6. The average molecular weight is 331 g/mol. The van der Waals surface area contributed by atoms with Crippen molar-refractivity contribution in [2.75, 3.05) is 13.1 Å². The van der Waals surface area contributed by atoms with Gasteiger partial charge in [-0.1, -0.05) is 6.07 Å². The largest absolute Gasteiger partial charge is 0.342 e. The molecule has 1 aromatic rings. The molecule has 0 saturated heterocycles. The summed E-state index contributed by atoms with van der Waals surface area (Å²) in [7, 11) is 0. The van der Waals surface area contributed by atoms with E-state index >= 15 is 0 Å². The first-order chi connectivity index (χ1) is 8.99. The molecule has 1 amide bonds. The van der Waals surface area contributed by atoms with E-state index in [2.05, 4.69) is 21.2 Å². The predicted molar refractivity (Wildman–Crippen MR) is 78.3 cm³/mol. The molecule has 0 saturated carbocycles. The molecule has 0 aliphatic carbocycles. The van der Waals surface area contributed by atoms with Gasteiger partial charge in [0.25, 0.3) is 0 Å². The van der Waals surface area contributed by atoms with Crippen molar-refractivity contribution in [2.24, 2.45) is 0 Å². The van der Waals surface area contributed by atoms with Crippen molar-refractivity contribution in [3.05, 3.63) is 34.1 Å². The topological polar surface area (TPSA) is 32.3 Å². The molecule has 5 heteroatoms. The third-order valence-electron chi connectivity index (χ3n) is 3.04. The highest BCUT2D eigenvalue weighted by molar-refractivity contribution is 9.10. The highest BCUT2D eigenvalue weighted by Crippen LogP contribution is 2.16. The molecule has 0 heterocycles. The lowest BCUT2D eigenvalue weighted by Crippen LogP contribution is -2.44. The van der Waals surface area contributed by atoms with Gasteiger partial charge >= 0.3 is 0 Å². The van der Waals surface area contributed by atoms with Crippen molar-refractivity contribution in [1.29, 1.82) is 0 Å². The second-order valence-corrected chi connectivity index (χ2v) is 5.22. The molecule has 0 aliphatic rings. The van der Waals surface area contributed by atoms with Crippen LogP contribution in [0.15, 0.2) is 22.7 Å². The summed E-state index contributed by atoms with van der Waals surface area (Å²) in [5.74, 6) is -0.218. The van der Waals surface area contributed by atoms with Gasteiger partial charge in [-0.25, -0.2) is 4.39 Å². The zero-order valence-corrected chi connectivity index (χ0v) is 13.1. The molecule has 1 atom stereocenters. The summed E-state index contributed by atoms with van der Waals surface area (Å²) in [4.78, 5) is 13.8. The number of hydrogen-bond acceptors (Lipinski definition) is 2. The Kier molecular flexibility index (Phi) is 6.45. The monoisotopic (exact) mass is 330 g/mol. The molecule has 19 heavy (non-hydrogen) atoms. The molecule has 1 aromatic carbocycles. The van der Waals surface area contributed by atoms with E-state index in [9.17, 15) is 9.18 Å². The van der Waals surface area contributed by atoms with E-state index in [-0.39, 0.29) is 17.8 Å². The number of nitrogens with one attached hydrogen (secondary N) is 1. The maximum absolute atomic E-state index is 13.3. The van der Waals surface area contributed by atoms with Crippen LogP contribution in [-0.4, -0.2) is 29.9 Å². The summed E-state index contributed by atoms with van der Waals surface area (Å²) in [5, 5.41) is 3.12. The molecule has 1 N–H and O–H groups in total. The van der Waals surface area contributed by atoms with Crippen molar-refractivity contribution in [1.82, 2.24) is 10.2 Å². The highest BCUT2D eigenvalue weighted by Gasteiger charge is 2.17. The average Bonchev–Trinajstić information content (AvgIpc) is 2.41. The molecular weight excluding hydrogens is 311 g/mol. The minimum absolute atomic E-state index is 0.0718. The number of amides is 1. The van der Waals surface area contributed by atoms with Crippen LogP contribution in [0, 0.1) is 5.82 Å². The van der Waals surface area contributed by atoms with Crippen molar-refractivity contribution in [2.45, 2.75) is 33.4 Å². The number of hydrogen-bond donors (Lipinski definition) is 1. The molecule has 1 unspecified atom stereocenters. The van der Waals surface area contributed by atoms with Crippen LogP contribution >= 0.6 is 15.9 Å². The van der Waals surface area contributed by atoms with E-state index in [1.165, 1.54) is 6.07 Å². The number of likely N-dealkylation sites (N-methyl/N-ethyl adjacent to an activating group) is 1. The fraction of sp³-hybridized carbons (Fsp3) is 0.500. The molecule has 0 aliphatic heterocycles. The van der Waals surface area contributed by atoms with E-state index in [1.807, 2.05) is 26.8 Å². The summed E-state index contributed by atoms with van der Waals surface area (Å²) in [6.45, 7) is 7.62. The van der Waals surface area contributed by atoms with Crippen LogP contribution in [0.4, 0.5) is 4.39 Å². The van der Waals surface area contributed by atoms with Crippen molar-refractivity contribution in [3.63, 3.8) is 0 Å². The van der Waals surface area contributed by atoms with Gasteiger partial charge in [-0.3, -0.25) is 4.79 Å². The predicted octanol–water partition coefficient (Wildman–Crippen LogP) is 2.93. The minimum Gasteiger partial charge on any atom is -0.342 e. The molecule has 0 spiro atoms. The number of halogens is 2. The molecule has 0 aromatic heterocycles. The lowest BCUT2D eigenvalue weighted by Gasteiger charge is -2.23. The maximum Gasteiger partial charge on any atom is 0.239 e. The van der Waals surface area contributed by atoms with Crippen LogP contribution in [0.3, 0.4) is 0 Å². The van der Waals surface area contributed by atoms with Crippen LogP contribution in [-0.2, 0) is 11.3 Å². The zero-order chi connectivity index (χ0) is 14.4. The van der Waals surface area contributed by atoms with Gasteiger partial charge in [0.15, 0.2) is 0 Å². The summed E-state index contributed by atoms with van der Waals surface area (Å²) >= 11 is 3.11. The normalized spacial score (nSPS) is 12.3. The Labute approximate surface area is 122 Å². The molecule has 1 rings (SSSR count). The summed E-state index contributed by atoms with van der Waals surface area (Å²) in [5.41, 5.74) is 0.819. The van der Waals surface area contributed by atoms with E-state index in [4.69, 9.17) is 0 Å². The Morgan fingerprint density at radius 1 is 1.42 bits per heavy atom. The molecule has 106 valence electrons. The molecular formula is C14H20BrFN2O. The standard InChI is InChI=1S/C14H20BrFN2O/c1-4-18(5-2)14(19)10(3)17-9-11-6-7-12(15)13(16)8-11/h6-8,10,17H,4-5,9H2,1-3H3. The Bertz CT molecular complexity index is 435. The van der Waals surface area contributed by atoms with Gasteiger partial charge in [0.05, 0.1) is 10.5 Å². The fourth-order valence-electron chi connectivity index (χ4n) is 1.82. The van der Waals surface area contributed by atoms with Crippen molar-refractivity contribution >= 4 is 21.8 Å². The first kappa shape index (κ1) is 16.1. The Hall–Kier alpha value is -0.940. The van der Waals surface area contributed by atoms with Crippen molar-refractivity contribution < 1.29 is 9.18 Å². The van der Waals surface area contributed by atoms with Gasteiger partial charge in [0.1, 0.15) is 5.82 Å². The quantitative estimate of drug-likeness (QED) is 0.869. The van der Waals surface area contributed by atoms with Gasteiger partial charge in [0.2, 0.25) is 5.91 Å². The number of benzene rings is 1. The van der Waals surface area contributed by atoms with Crippen LogP contribution in [0.25, 0.3) is 0 Å². The second-order valence-electron chi connectivity index (χ2n) is 4.36. The van der Waals surface area contributed by atoms with Gasteiger partial charge in [-0.05, 0) is 54.4 Å². The van der Waals surface area contributed by atoms with E-state index in [0.717, 1.165) is 5.56 Å². The van der Waals surface area contributed by atoms with Gasteiger partial charge in [0, 0.05) is 19.6 Å².